The van der Waals surface area contributed by atoms with Crippen molar-refractivity contribution in [3.05, 3.63) is 177 Å². The molecule has 2 aliphatic rings. The van der Waals surface area contributed by atoms with Gasteiger partial charge >= 0.3 is 0 Å². The number of anilines is 2. The second kappa shape index (κ2) is 11.5. The summed E-state index contributed by atoms with van der Waals surface area (Å²) in [5.74, 6) is -0.207. The average Bonchev–Trinajstić information content (AvgIpc) is 3.24. The Morgan fingerprint density at radius 1 is 0.804 bits per heavy atom. The highest BCUT2D eigenvalue weighted by Gasteiger charge is 2.55. The molecule has 8 nitrogen and oxygen atoms in total. The summed E-state index contributed by atoms with van der Waals surface area (Å²) < 4.78 is 7.11. The lowest BCUT2D eigenvalue weighted by atomic mass is 9.87. The Balaban J connectivity index is 1.56. The van der Waals surface area contributed by atoms with E-state index >= 15 is 0 Å². The molecule has 0 spiro atoms. The zero-order chi connectivity index (χ0) is 31.8. The lowest BCUT2D eigenvalue weighted by molar-refractivity contribution is -0.385. The highest BCUT2D eigenvalue weighted by atomic mass is 16.6. The van der Waals surface area contributed by atoms with Crippen LogP contribution in [0.4, 0.5) is 17.1 Å². The number of benzene rings is 5. The van der Waals surface area contributed by atoms with Crippen LogP contribution in [-0.4, -0.2) is 16.7 Å². The molecule has 0 radical (unpaired) electrons. The largest absolute Gasteiger partial charge is 0.462 e. The molecule has 2 aliphatic heterocycles. The summed E-state index contributed by atoms with van der Waals surface area (Å²) in [6, 6.07) is 40.8. The van der Waals surface area contributed by atoms with E-state index in [2.05, 4.69) is 0 Å². The zero-order valence-electron chi connectivity index (χ0n) is 24.9. The smallest absolute Gasteiger partial charge is 0.269 e. The first-order chi connectivity index (χ1) is 22.4. The predicted octanol–water partition coefficient (Wildman–Crippen LogP) is 8.03. The maximum absolute atomic E-state index is 14.8. The van der Waals surface area contributed by atoms with Crippen LogP contribution in [0.5, 0.6) is 0 Å². The minimum Gasteiger partial charge on any atom is -0.462 e. The highest BCUT2D eigenvalue weighted by Crippen LogP contribution is 2.55. The normalized spacial score (nSPS) is 19.1. The van der Waals surface area contributed by atoms with Crippen LogP contribution in [0, 0.1) is 10.1 Å². The molecule has 0 aromatic heterocycles. The third kappa shape index (κ3) is 4.71. The predicted molar refractivity (Wildman–Crippen MR) is 176 cm³/mol. The fraction of sp³-hybridized carbons (Fsp3) is 0.105. The van der Waals surface area contributed by atoms with Crippen molar-refractivity contribution in [1.82, 2.24) is 0 Å². The first-order valence-electron chi connectivity index (χ1n) is 15.0. The number of rotatable bonds is 5. The molecule has 0 N–H and O–H groups in total. The van der Waals surface area contributed by atoms with Gasteiger partial charge in [0.2, 0.25) is 5.72 Å². The molecule has 8 heteroatoms. The van der Waals surface area contributed by atoms with Gasteiger partial charge in [-0.15, -0.1) is 0 Å². The van der Waals surface area contributed by atoms with Crippen LogP contribution in [0.15, 0.2) is 145 Å². The number of para-hydroxylation sites is 2. The highest BCUT2D eigenvalue weighted by molar-refractivity contribution is 6.15. The number of ether oxygens (including phenoxy) is 1. The quantitative estimate of drug-likeness (QED) is 0.149. The van der Waals surface area contributed by atoms with Crippen LogP contribution >= 0.6 is 0 Å². The minimum atomic E-state index is -1.59. The Labute approximate surface area is 265 Å². The van der Waals surface area contributed by atoms with Gasteiger partial charge in [-0.2, -0.15) is 0 Å². The van der Waals surface area contributed by atoms with Crippen LogP contribution in [-0.2, 0) is 15.3 Å². The van der Waals surface area contributed by atoms with Crippen LogP contribution in [0.3, 0.4) is 0 Å². The number of nitrogens with zero attached hydrogens (tertiary/aromatic N) is 3. The van der Waals surface area contributed by atoms with Gasteiger partial charge in [0, 0.05) is 35.2 Å². The number of hydrogen-bond acceptors (Lipinski definition) is 5. The Kier molecular flexibility index (Phi) is 7.17. The van der Waals surface area contributed by atoms with Crippen molar-refractivity contribution < 1.29 is 19.2 Å². The van der Waals surface area contributed by atoms with E-state index in [0.717, 1.165) is 5.56 Å². The molecule has 0 aliphatic carbocycles. The summed E-state index contributed by atoms with van der Waals surface area (Å²) >= 11 is 0. The van der Waals surface area contributed by atoms with E-state index in [0.29, 0.717) is 39.4 Å². The Morgan fingerprint density at radius 3 is 2.09 bits per heavy atom. The van der Waals surface area contributed by atoms with Gasteiger partial charge in [-0.3, -0.25) is 29.5 Å². The summed E-state index contributed by atoms with van der Waals surface area (Å²) in [5.41, 5.74) is 2.03. The summed E-state index contributed by atoms with van der Waals surface area (Å²) in [6.45, 7) is 1.72. The third-order valence-electron chi connectivity index (χ3n) is 8.63. The first-order valence-corrected chi connectivity index (χ1v) is 15.0. The summed E-state index contributed by atoms with van der Waals surface area (Å²) in [4.78, 5) is 44.3. The number of carbonyl (C=O) groups excluding carboxylic acids is 2. The van der Waals surface area contributed by atoms with Gasteiger partial charge in [-0.25, -0.2) is 0 Å². The lowest BCUT2D eigenvalue weighted by Gasteiger charge is -2.47. The average molecular weight is 608 g/mol. The SMILES string of the molecule is CC1=C(c2ccccc2)O[C@]2(c3cccc([N+](=O)[O-])c3)C[C@H](c3ccccc3)N(C(=O)c3ccccc3)c3ccccc3N2C1=O. The molecule has 0 unspecified atom stereocenters. The standard InChI is InChI=1S/C38H29N3O5/c1-26-35(28-16-7-3-8-17-28)46-38(30-20-13-21-31(24-30)41(44)45)25-34(27-14-5-2-6-15-27)39(37(43)29-18-9-4-10-19-29)32-22-11-12-23-33(32)40(38)36(26)42/h2-24,34H,25H2,1H3/t34-,38+/m1/s1. The molecule has 2 atom stereocenters. The lowest BCUT2D eigenvalue weighted by Crippen LogP contribution is -2.55. The van der Waals surface area contributed by atoms with Crippen LogP contribution < -0.4 is 9.80 Å². The van der Waals surface area contributed by atoms with E-state index in [4.69, 9.17) is 4.74 Å². The second-order valence-corrected chi connectivity index (χ2v) is 11.3. The van der Waals surface area contributed by atoms with Crippen LogP contribution in [0.1, 0.15) is 46.4 Å². The van der Waals surface area contributed by atoms with Crippen molar-refractivity contribution in [3.63, 3.8) is 0 Å². The molecule has 5 aromatic carbocycles. The van der Waals surface area contributed by atoms with E-state index in [9.17, 15) is 19.7 Å². The topological polar surface area (TPSA) is 93.0 Å². The zero-order valence-corrected chi connectivity index (χ0v) is 24.9. The summed E-state index contributed by atoms with van der Waals surface area (Å²) in [6.07, 6.45) is 0.0702. The van der Waals surface area contributed by atoms with Gasteiger partial charge in [0.25, 0.3) is 17.5 Å². The van der Waals surface area contributed by atoms with Gasteiger partial charge < -0.3 is 4.74 Å². The monoisotopic (exact) mass is 607 g/mol. The van der Waals surface area contributed by atoms with E-state index in [1.807, 2.05) is 97.1 Å². The molecule has 0 fully saturated rings. The third-order valence-corrected chi connectivity index (χ3v) is 8.63. The number of amides is 2. The Bertz CT molecular complexity index is 2000. The number of non-ortho nitro benzene ring substituents is 1. The fourth-order valence-electron chi connectivity index (χ4n) is 6.48. The molecule has 2 amide bonds. The first kappa shape index (κ1) is 28.7. The number of nitro groups is 1. The number of nitro benzene ring substituents is 1. The number of fused-ring (bicyclic) bond motifs is 3. The van der Waals surface area contributed by atoms with E-state index in [-0.39, 0.29) is 23.9 Å². The molecule has 46 heavy (non-hydrogen) atoms. The summed E-state index contributed by atoms with van der Waals surface area (Å²) in [5, 5.41) is 12.1. The number of carbonyl (C=O) groups is 2. The van der Waals surface area contributed by atoms with Crippen molar-refractivity contribution in [2.75, 3.05) is 9.80 Å². The van der Waals surface area contributed by atoms with Gasteiger partial charge in [0.05, 0.1) is 27.9 Å². The molecule has 0 saturated heterocycles. The number of hydrogen-bond donors (Lipinski definition) is 0. The molecule has 5 aromatic rings. The van der Waals surface area contributed by atoms with Crippen LogP contribution in [0.25, 0.3) is 5.76 Å². The van der Waals surface area contributed by atoms with Gasteiger partial charge in [0.1, 0.15) is 5.76 Å². The van der Waals surface area contributed by atoms with Crippen molar-refractivity contribution in [2.45, 2.75) is 25.1 Å². The van der Waals surface area contributed by atoms with Gasteiger partial charge in [0.15, 0.2) is 0 Å². The molecule has 0 saturated carbocycles. The van der Waals surface area contributed by atoms with E-state index < -0.39 is 16.7 Å². The fourth-order valence-corrected chi connectivity index (χ4v) is 6.48. The van der Waals surface area contributed by atoms with Crippen molar-refractivity contribution in [2.24, 2.45) is 0 Å². The van der Waals surface area contributed by atoms with Gasteiger partial charge in [-0.05, 0) is 36.8 Å². The van der Waals surface area contributed by atoms with E-state index in [1.165, 1.54) is 12.1 Å². The Hall–Kier alpha value is -6.02. The molecular formula is C38H29N3O5. The molecule has 2 heterocycles. The Morgan fingerprint density at radius 2 is 1.41 bits per heavy atom. The molecule has 7 rings (SSSR count). The maximum atomic E-state index is 14.8. The molecule has 0 bridgehead atoms. The molecule has 226 valence electrons. The maximum Gasteiger partial charge on any atom is 0.269 e. The van der Waals surface area contributed by atoms with Crippen LogP contribution in [0.2, 0.25) is 0 Å². The molecular weight excluding hydrogens is 578 g/mol. The van der Waals surface area contributed by atoms with Crippen molar-refractivity contribution in [1.29, 1.82) is 0 Å². The second-order valence-electron chi connectivity index (χ2n) is 11.3. The van der Waals surface area contributed by atoms with Gasteiger partial charge in [-0.1, -0.05) is 103 Å². The van der Waals surface area contributed by atoms with Crippen molar-refractivity contribution >= 4 is 34.6 Å². The summed E-state index contributed by atoms with van der Waals surface area (Å²) in [7, 11) is 0. The van der Waals surface area contributed by atoms with E-state index in [1.54, 1.807) is 47.1 Å². The minimum absolute atomic E-state index is 0.0702. The van der Waals surface area contributed by atoms with Crippen molar-refractivity contribution in [3.8, 4) is 0 Å².